The number of carboxylic acid groups (broad SMARTS) is 1. The molecule has 10 heteroatoms. The first-order valence-electron chi connectivity index (χ1n) is 10.9. The van der Waals surface area contributed by atoms with E-state index in [0.29, 0.717) is 12.1 Å². The molecule has 0 aliphatic heterocycles. The number of aromatic nitrogens is 1. The quantitative estimate of drug-likeness (QED) is 0.251. The third kappa shape index (κ3) is 9.28. The summed E-state index contributed by atoms with van der Waals surface area (Å²) >= 11 is 0. The van der Waals surface area contributed by atoms with E-state index in [1.54, 1.807) is 32.9 Å². The van der Waals surface area contributed by atoms with Crippen molar-refractivity contribution in [1.82, 2.24) is 10.3 Å². The fraction of sp³-hybridized carbons (Fsp3) is 0.320. The van der Waals surface area contributed by atoms with Crippen LogP contribution in [-0.4, -0.2) is 58.5 Å². The van der Waals surface area contributed by atoms with E-state index in [0.717, 1.165) is 16.5 Å². The summed E-state index contributed by atoms with van der Waals surface area (Å²) in [5.74, 6) is -1.26. The number of nitrogens with one attached hydrogen (secondary N) is 3. The van der Waals surface area contributed by atoms with E-state index in [2.05, 4.69) is 15.6 Å². The van der Waals surface area contributed by atoms with Crippen LogP contribution in [0.3, 0.4) is 0 Å². The van der Waals surface area contributed by atoms with Crippen molar-refractivity contribution < 1.29 is 34.1 Å². The van der Waals surface area contributed by atoms with Gasteiger partial charge < -0.3 is 35.3 Å². The number of phenols is 1. The Morgan fingerprint density at radius 1 is 1.06 bits per heavy atom. The topological polar surface area (TPSA) is 150 Å². The summed E-state index contributed by atoms with van der Waals surface area (Å²) < 4.78 is 9.99. The molecule has 1 amide bonds. The Bertz CT molecular complexity index is 1130. The maximum absolute atomic E-state index is 12.0. The van der Waals surface area contributed by atoms with Crippen molar-refractivity contribution >= 4 is 34.6 Å². The Kier molecular flexibility index (Phi) is 9.51. The first kappa shape index (κ1) is 27.0. The summed E-state index contributed by atoms with van der Waals surface area (Å²) in [6.45, 7) is 5.17. The highest BCUT2D eigenvalue weighted by Gasteiger charge is 2.26. The highest BCUT2D eigenvalue weighted by molar-refractivity contribution is 5.86. The number of aromatic amines is 1. The van der Waals surface area contributed by atoms with Crippen LogP contribution in [0.5, 0.6) is 5.75 Å². The standard InChI is InChI=1S/C17H22N2O4.C8H9NO3/c1-17(2,3)23-16(21)19-14(15(20)22-4)9-11-10-18-13-8-6-5-7-12(11)13;10-7-3-1-6(2-4-7)9-5-8(11)12/h5-8,10,14,18H,9H2,1-4H3,(H,19,21);1-4,9-10H,5H2,(H,11,12)/t14-;/m1./s1. The molecule has 3 aromatic rings. The van der Waals surface area contributed by atoms with Crippen LogP contribution in [0.2, 0.25) is 0 Å². The number of ether oxygens (including phenoxy) is 2. The number of para-hydroxylation sites is 1. The van der Waals surface area contributed by atoms with Crippen LogP contribution in [0.15, 0.2) is 54.7 Å². The molecule has 0 aliphatic rings. The second kappa shape index (κ2) is 12.3. The predicted molar refractivity (Wildman–Crippen MR) is 131 cm³/mol. The number of carboxylic acids is 1. The summed E-state index contributed by atoms with van der Waals surface area (Å²) in [5.41, 5.74) is 1.94. The van der Waals surface area contributed by atoms with Crippen molar-refractivity contribution in [3.05, 3.63) is 60.3 Å². The van der Waals surface area contributed by atoms with E-state index in [-0.39, 0.29) is 12.3 Å². The summed E-state index contributed by atoms with van der Waals surface area (Å²) in [6, 6.07) is 13.2. The molecule has 35 heavy (non-hydrogen) atoms. The molecule has 5 N–H and O–H groups in total. The van der Waals surface area contributed by atoms with Crippen LogP contribution in [0.25, 0.3) is 10.9 Å². The van der Waals surface area contributed by atoms with E-state index in [1.165, 1.54) is 19.2 Å². The molecule has 0 spiro atoms. The van der Waals surface area contributed by atoms with Gasteiger partial charge in [0.15, 0.2) is 0 Å². The number of fused-ring (bicyclic) bond motifs is 1. The number of anilines is 1. The first-order valence-corrected chi connectivity index (χ1v) is 10.9. The SMILES string of the molecule is COC(=O)[C@@H](Cc1c[nH]c2ccccc12)NC(=O)OC(C)(C)C.O=C(O)CNc1ccc(O)cc1. The number of alkyl carbamates (subject to hydrolysis) is 1. The van der Waals surface area contributed by atoms with Crippen molar-refractivity contribution in [2.75, 3.05) is 19.0 Å². The van der Waals surface area contributed by atoms with Crippen molar-refractivity contribution in [2.45, 2.75) is 38.8 Å². The Labute approximate surface area is 203 Å². The number of rotatable bonds is 7. The van der Waals surface area contributed by atoms with E-state index in [9.17, 15) is 14.4 Å². The minimum Gasteiger partial charge on any atom is -0.508 e. The molecular weight excluding hydrogens is 454 g/mol. The number of carbonyl (C=O) groups is 3. The second-order valence-corrected chi connectivity index (χ2v) is 8.58. The van der Waals surface area contributed by atoms with Gasteiger partial charge >= 0.3 is 18.0 Å². The van der Waals surface area contributed by atoms with Gasteiger partial charge in [-0.2, -0.15) is 0 Å². The van der Waals surface area contributed by atoms with Gasteiger partial charge in [0.2, 0.25) is 0 Å². The zero-order valence-corrected chi connectivity index (χ0v) is 20.1. The molecule has 0 aliphatic carbocycles. The number of aliphatic carboxylic acids is 1. The van der Waals surface area contributed by atoms with Crippen LogP contribution in [-0.2, 0) is 25.5 Å². The van der Waals surface area contributed by atoms with Crippen LogP contribution in [0.1, 0.15) is 26.3 Å². The predicted octanol–water partition coefficient (Wildman–Crippen LogP) is 3.67. The summed E-state index contributed by atoms with van der Waals surface area (Å²) in [6.07, 6.45) is 1.50. The zero-order valence-electron chi connectivity index (χ0n) is 20.1. The maximum Gasteiger partial charge on any atom is 0.408 e. The molecule has 0 fully saturated rings. The van der Waals surface area contributed by atoms with Gasteiger partial charge in [-0.25, -0.2) is 9.59 Å². The van der Waals surface area contributed by atoms with E-state index in [1.807, 2.05) is 30.5 Å². The smallest absolute Gasteiger partial charge is 0.408 e. The minimum atomic E-state index is -0.914. The number of amides is 1. The number of hydrogen-bond donors (Lipinski definition) is 5. The lowest BCUT2D eigenvalue weighted by Crippen LogP contribution is -2.45. The van der Waals surface area contributed by atoms with E-state index >= 15 is 0 Å². The second-order valence-electron chi connectivity index (χ2n) is 8.58. The lowest BCUT2D eigenvalue weighted by atomic mass is 10.1. The largest absolute Gasteiger partial charge is 0.508 e. The van der Waals surface area contributed by atoms with Gasteiger partial charge in [-0.15, -0.1) is 0 Å². The van der Waals surface area contributed by atoms with Crippen LogP contribution < -0.4 is 10.6 Å². The molecular formula is C25H31N3O7. The number of benzene rings is 2. The molecule has 2 aromatic carbocycles. The number of aromatic hydroxyl groups is 1. The van der Waals surface area contributed by atoms with Crippen LogP contribution in [0, 0.1) is 0 Å². The average molecular weight is 486 g/mol. The number of H-pyrrole nitrogens is 1. The number of hydrogen-bond acceptors (Lipinski definition) is 7. The third-order valence-corrected chi connectivity index (χ3v) is 4.59. The van der Waals surface area contributed by atoms with E-state index in [4.69, 9.17) is 19.7 Å². The summed E-state index contributed by atoms with van der Waals surface area (Å²) in [5, 5.41) is 23.5. The summed E-state index contributed by atoms with van der Waals surface area (Å²) in [7, 11) is 1.29. The Hall–Kier alpha value is -4.21. The van der Waals surface area contributed by atoms with E-state index < -0.39 is 29.7 Å². The van der Waals surface area contributed by atoms with Gasteiger partial charge in [-0.05, 0) is 56.7 Å². The van der Waals surface area contributed by atoms with Crippen molar-refractivity contribution in [3.8, 4) is 5.75 Å². The van der Waals surface area contributed by atoms with Crippen molar-refractivity contribution in [1.29, 1.82) is 0 Å². The Balaban J connectivity index is 0.000000303. The molecule has 0 bridgehead atoms. The van der Waals surface area contributed by atoms with Gasteiger partial charge in [0.25, 0.3) is 0 Å². The molecule has 1 atom stereocenters. The van der Waals surface area contributed by atoms with Crippen LogP contribution >= 0.6 is 0 Å². The number of methoxy groups -OCH3 is 1. The highest BCUT2D eigenvalue weighted by Crippen LogP contribution is 2.19. The van der Waals surface area contributed by atoms with Gasteiger partial charge in [0.05, 0.1) is 7.11 Å². The maximum atomic E-state index is 12.0. The number of carbonyl (C=O) groups excluding carboxylic acids is 2. The number of phenolic OH excluding ortho intramolecular Hbond substituents is 1. The molecule has 1 aromatic heterocycles. The zero-order chi connectivity index (χ0) is 26.0. The van der Waals surface area contributed by atoms with Gasteiger partial charge in [0.1, 0.15) is 23.9 Å². The molecule has 10 nitrogen and oxygen atoms in total. The molecule has 0 radical (unpaired) electrons. The fourth-order valence-electron chi connectivity index (χ4n) is 3.06. The summed E-state index contributed by atoms with van der Waals surface area (Å²) in [4.78, 5) is 37.2. The molecule has 3 rings (SSSR count). The van der Waals surface area contributed by atoms with Crippen molar-refractivity contribution in [2.24, 2.45) is 0 Å². The normalized spacial score (nSPS) is 11.5. The molecule has 0 saturated carbocycles. The highest BCUT2D eigenvalue weighted by atomic mass is 16.6. The Morgan fingerprint density at radius 3 is 2.31 bits per heavy atom. The lowest BCUT2D eigenvalue weighted by molar-refractivity contribution is -0.143. The van der Waals surface area contributed by atoms with Crippen LogP contribution in [0.4, 0.5) is 10.5 Å². The molecule has 0 saturated heterocycles. The molecule has 1 heterocycles. The fourth-order valence-corrected chi connectivity index (χ4v) is 3.06. The molecule has 0 unspecified atom stereocenters. The third-order valence-electron chi connectivity index (χ3n) is 4.59. The van der Waals surface area contributed by atoms with Gasteiger partial charge in [0, 0.05) is 29.2 Å². The molecule has 188 valence electrons. The Morgan fingerprint density at radius 2 is 1.71 bits per heavy atom. The average Bonchev–Trinajstić information content (AvgIpc) is 3.20. The monoisotopic (exact) mass is 485 g/mol. The van der Waals surface area contributed by atoms with Crippen molar-refractivity contribution in [3.63, 3.8) is 0 Å². The van der Waals surface area contributed by atoms with Gasteiger partial charge in [-0.3, -0.25) is 4.79 Å². The first-order chi connectivity index (χ1) is 16.5. The lowest BCUT2D eigenvalue weighted by Gasteiger charge is -2.22. The van der Waals surface area contributed by atoms with Gasteiger partial charge in [-0.1, -0.05) is 18.2 Å². The number of esters is 1. The minimum absolute atomic E-state index is 0.120.